The predicted octanol–water partition coefficient (Wildman–Crippen LogP) is 3.26. The molecular formula is C13H18ClNO2. The fraction of sp³-hybridized carbons (Fsp3) is 0.462. The second kappa shape index (κ2) is 6.50. The average molecular weight is 256 g/mol. The molecule has 0 spiro atoms. The Morgan fingerprint density at radius 2 is 2.24 bits per heavy atom. The van der Waals surface area contributed by atoms with Crippen LogP contribution in [0.1, 0.15) is 18.9 Å². The quantitative estimate of drug-likeness (QED) is 0.821. The van der Waals surface area contributed by atoms with Gasteiger partial charge in [0.25, 0.3) is 0 Å². The molecule has 1 aromatic rings. The first-order chi connectivity index (χ1) is 8.08. The van der Waals surface area contributed by atoms with Crippen molar-refractivity contribution in [2.24, 2.45) is 5.92 Å². The molecule has 0 aliphatic heterocycles. The molecule has 1 unspecified atom stereocenters. The number of carbonyl (C=O) groups excluding carboxylic acids is 1. The van der Waals surface area contributed by atoms with Gasteiger partial charge in [-0.1, -0.05) is 18.5 Å². The van der Waals surface area contributed by atoms with Gasteiger partial charge in [-0.2, -0.15) is 0 Å². The molecular weight excluding hydrogens is 238 g/mol. The predicted molar refractivity (Wildman–Crippen MR) is 70.5 cm³/mol. The van der Waals surface area contributed by atoms with Crippen molar-refractivity contribution in [3.8, 4) is 0 Å². The normalized spacial score (nSPS) is 12.0. The number of ether oxygens (including phenoxy) is 1. The molecule has 1 N–H and O–H groups in total. The smallest absolute Gasteiger partial charge is 0.310 e. The summed E-state index contributed by atoms with van der Waals surface area (Å²) in [6.45, 7) is 4.52. The molecule has 3 nitrogen and oxygen atoms in total. The Morgan fingerprint density at radius 3 is 2.76 bits per heavy atom. The van der Waals surface area contributed by atoms with Crippen molar-refractivity contribution >= 4 is 23.3 Å². The summed E-state index contributed by atoms with van der Waals surface area (Å²) in [6, 6.07) is 5.64. The number of hydrogen-bond donors (Lipinski definition) is 1. The number of anilines is 1. The second-order valence-electron chi connectivity index (χ2n) is 3.97. The van der Waals surface area contributed by atoms with Crippen LogP contribution in [-0.2, 0) is 9.53 Å². The van der Waals surface area contributed by atoms with E-state index in [2.05, 4.69) is 5.32 Å². The highest BCUT2D eigenvalue weighted by atomic mass is 35.5. The van der Waals surface area contributed by atoms with Crippen molar-refractivity contribution in [1.82, 2.24) is 0 Å². The highest BCUT2D eigenvalue weighted by molar-refractivity contribution is 6.30. The van der Waals surface area contributed by atoms with Gasteiger partial charge >= 0.3 is 5.97 Å². The van der Waals surface area contributed by atoms with Crippen molar-refractivity contribution in [3.05, 3.63) is 28.8 Å². The summed E-state index contributed by atoms with van der Waals surface area (Å²) in [7, 11) is 1.42. The molecule has 0 bridgehead atoms. The molecule has 0 aromatic heterocycles. The highest BCUT2D eigenvalue weighted by Gasteiger charge is 2.16. The van der Waals surface area contributed by atoms with E-state index in [0.29, 0.717) is 11.6 Å². The maximum atomic E-state index is 11.4. The summed E-state index contributed by atoms with van der Waals surface area (Å²) in [5.74, 6) is -0.290. The van der Waals surface area contributed by atoms with Gasteiger partial charge < -0.3 is 10.1 Å². The van der Waals surface area contributed by atoms with Gasteiger partial charge in [-0.3, -0.25) is 4.79 Å². The van der Waals surface area contributed by atoms with E-state index < -0.39 is 0 Å². The molecule has 0 saturated heterocycles. The summed E-state index contributed by atoms with van der Waals surface area (Å²) >= 11 is 5.88. The molecule has 0 saturated carbocycles. The van der Waals surface area contributed by atoms with Crippen LogP contribution >= 0.6 is 11.6 Å². The number of carbonyl (C=O) groups is 1. The molecule has 4 heteroatoms. The van der Waals surface area contributed by atoms with Gasteiger partial charge in [0.05, 0.1) is 13.0 Å². The fourth-order valence-electron chi connectivity index (χ4n) is 1.62. The molecule has 0 amide bonds. The zero-order valence-corrected chi connectivity index (χ0v) is 11.2. The lowest BCUT2D eigenvalue weighted by Crippen LogP contribution is -2.23. The summed E-state index contributed by atoms with van der Waals surface area (Å²) in [5, 5.41) is 3.96. The number of nitrogens with one attached hydrogen (secondary N) is 1. The van der Waals surface area contributed by atoms with Gasteiger partial charge in [0.2, 0.25) is 0 Å². The molecule has 0 heterocycles. The Morgan fingerprint density at radius 1 is 1.53 bits per heavy atom. The summed E-state index contributed by atoms with van der Waals surface area (Å²) in [6.07, 6.45) is 0.756. The number of aryl methyl sites for hydroxylation is 1. The first kappa shape index (κ1) is 13.8. The minimum atomic E-state index is -0.174. The van der Waals surface area contributed by atoms with Crippen LogP contribution in [0.25, 0.3) is 0 Å². The van der Waals surface area contributed by atoms with Crippen molar-refractivity contribution in [3.63, 3.8) is 0 Å². The topological polar surface area (TPSA) is 38.3 Å². The van der Waals surface area contributed by atoms with Crippen LogP contribution in [0, 0.1) is 12.8 Å². The maximum absolute atomic E-state index is 11.4. The Hall–Kier alpha value is -1.22. The number of esters is 1. The van der Waals surface area contributed by atoms with Gasteiger partial charge in [0.1, 0.15) is 0 Å². The van der Waals surface area contributed by atoms with Gasteiger partial charge in [0, 0.05) is 17.3 Å². The average Bonchev–Trinajstić information content (AvgIpc) is 2.31. The van der Waals surface area contributed by atoms with E-state index in [1.165, 1.54) is 7.11 Å². The zero-order chi connectivity index (χ0) is 12.8. The van der Waals surface area contributed by atoms with E-state index >= 15 is 0 Å². The second-order valence-corrected chi connectivity index (χ2v) is 4.40. The monoisotopic (exact) mass is 255 g/mol. The van der Waals surface area contributed by atoms with E-state index in [1.807, 2.05) is 32.0 Å². The summed E-state index contributed by atoms with van der Waals surface area (Å²) in [5.41, 5.74) is 2.06. The van der Waals surface area contributed by atoms with Crippen molar-refractivity contribution in [2.75, 3.05) is 19.0 Å². The Bertz CT molecular complexity index is 393. The van der Waals surface area contributed by atoms with Crippen LogP contribution in [0.3, 0.4) is 0 Å². The van der Waals surface area contributed by atoms with E-state index in [-0.39, 0.29) is 11.9 Å². The fourth-order valence-corrected chi connectivity index (χ4v) is 1.85. The highest BCUT2D eigenvalue weighted by Crippen LogP contribution is 2.20. The zero-order valence-electron chi connectivity index (χ0n) is 10.4. The van der Waals surface area contributed by atoms with Crippen molar-refractivity contribution in [2.45, 2.75) is 20.3 Å². The minimum absolute atomic E-state index is 0.116. The van der Waals surface area contributed by atoms with Crippen LogP contribution in [0.2, 0.25) is 5.02 Å². The van der Waals surface area contributed by atoms with E-state index in [0.717, 1.165) is 17.7 Å². The lowest BCUT2D eigenvalue weighted by Gasteiger charge is -2.15. The first-order valence-electron chi connectivity index (χ1n) is 5.66. The molecule has 1 rings (SSSR count). The third-order valence-corrected chi connectivity index (χ3v) is 2.99. The van der Waals surface area contributed by atoms with Crippen LogP contribution < -0.4 is 5.32 Å². The molecule has 0 fully saturated rings. The van der Waals surface area contributed by atoms with E-state index in [1.54, 1.807) is 0 Å². The number of methoxy groups -OCH3 is 1. The molecule has 94 valence electrons. The number of rotatable bonds is 5. The molecule has 0 aliphatic carbocycles. The van der Waals surface area contributed by atoms with Crippen LogP contribution in [-0.4, -0.2) is 19.6 Å². The van der Waals surface area contributed by atoms with Gasteiger partial charge in [-0.25, -0.2) is 0 Å². The van der Waals surface area contributed by atoms with Gasteiger partial charge in [0.15, 0.2) is 0 Å². The van der Waals surface area contributed by atoms with E-state index in [4.69, 9.17) is 16.3 Å². The maximum Gasteiger partial charge on any atom is 0.310 e. The molecule has 1 atom stereocenters. The largest absolute Gasteiger partial charge is 0.469 e. The Balaban J connectivity index is 2.62. The van der Waals surface area contributed by atoms with Gasteiger partial charge in [-0.15, -0.1) is 0 Å². The summed E-state index contributed by atoms with van der Waals surface area (Å²) in [4.78, 5) is 11.4. The van der Waals surface area contributed by atoms with Crippen molar-refractivity contribution < 1.29 is 9.53 Å². The standard InChI is InChI=1S/C13H18ClNO2/c1-4-10(13(16)17-3)8-15-12-6-5-11(14)7-9(12)2/h5-7,10,15H,4,8H2,1-3H3. The molecule has 0 aliphatic rings. The SMILES string of the molecule is CCC(CNc1ccc(Cl)cc1C)C(=O)OC. The third kappa shape index (κ3) is 3.93. The van der Waals surface area contributed by atoms with Crippen LogP contribution in [0.4, 0.5) is 5.69 Å². The summed E-state index contributed by atoms with van der Waals surface area (Å²) < 4.78 is 4.74. The Kier molecular flexibility index (Phi) is 5.29. The number of benzene rings is 1. The lowest BCUT2D eigenvalue weighted by molar-refractivity contribution is -0.145. The van der Waals surface area contributed by atoms with Gasteiger partial charge in [-0.05, 0) is 37.1 Å². The number of halogens is 1. The third-order valence-electron chi connectivity index (χ3n) is 2.75. The van der Waals surface area contributed by atoms with Crippen LogP contribution in [0.15, 0.2) is 18.2 Å². The van der Waals surface area contributed by atoms with Crippen LogP contribution in [0.5, 0.6) is 0 Å². The number of hydrogen-bond acceptors (Lipinski definition) is 3. The first-order valence-corrected chi connectivity index (χ1v) is 6.04. The lowest BCUT2D eigenvalue weighted by atomic mass is 10.1. The Labute approximate surface area is 107 Å². The molecule has 0 radical (unpaired) electrons. The van der Waals surface area contributed by atoms with E-state index in [9.17, 15) is 4.79 Å². The molecule has 1 aromatic carbocycles. The molecule has 17 heavy (non-hydrogen) atoms. The minimum Gasteiger partial charge on any atom is -0.469 e. The van der Waals surface area contributed by atoms with Crippen molar-refractivity contribution in [1.29, 1.82) is 0 Å².